The number of nitrogens with zero attached hydrogens (tertiary/aromatic N) is 1. The van der Waals surface area contributed by atoms with Crippen LogP contribution >= 0.6 is 23.2 Å². The molecule has 0 fully saturated rings. The van der Waals surface area contributed by atoms with E-state index >= 15 is 0 Å². The lowest BCUT2D eigenvalue weighted by molar-refractivity contribution is 0.0696. The van der Waals surface area contributed by atoms with Gasteiger partial charge in [-0.15, -0.1) is 0 Å². The minimum atomic E-state index is -0.996. The predicted molar refractivity (Wildman–Crippen MR) is 85.0 cm³/mol. The first-order valence-corrected chi connectivity index (χ1v) is 7.09. The second-order valence-corrected chi connectivity index (χ2v) is 5.72. The number of carboxylic acids is 1. The Hall–Kier alpha value is -1.78. The molecular formula is C15H14Cl2N2O2. The summed E-state index contributed by atoms with van der Waals surface area (Å²) < 4.78 is 0. The van der Waals surface area contributed by atoms with Gasteiger partial charge in [0.25, 0.3) is 0 Å². The van der Waals surface area contributed by atoms with Gasteiger partial charge in [-0.3, -0.25) is 0 Å². The van der Waals surface area contributed by atoms with Crippen LogP contribution in [0.5, 0.6) is 0 Å². The maximum absolute atomic E-state index is 11.2. The number of rotatable bonds is 4. The van der Waals surface area contributed by atoms with Gasteiger partial charge in [-0.1, -0.05) is 37.0 Å². The summed E-state index contributed by atoms with van der Waals surface area (Å²) in [5.74, 6) is -0.446. The van der Waals surface area contributed by atoms with Crippen LogP contribution < -0.4 is 5.32 Å². The van der Waals surface area contributed by atoms with E-state index in [1.54, 1.807) is 24.3 Å². The van der Waals surface area contributed by atoms with E-state index in [0.29, 0.717) is 27.2 Å². The van der Waals surface area contributed by atoms with E-state index in [4.69, 9.17) is 23.2 Å². The van der Waals surface area contributed by atoms with Gasteiger partial charge in [0, 0.05) is 10.7 Å². The summed E-state index contributed by atoms with van der Waals surface area (Å²) in [5.41, 5.74) is 1.49. The van der Waals surface area contributed by atoms with Crippen molar-refractivity contribution >= 4 is 40.7 Å². The van der Waals surface area contributed by atoms with E-state index in [1.165, 1.54) is 6.07 Å². The Bertz CT molecular complexity index is 687. The standard InChI is InChI=1S/C15H14Cl2N2O2/c1-8(2)13-5-9(15(20)21)6-14(19-13)18-12-4-3-10(16)7-11(12)17/h3-8H,1-2H3,(H,18,19)(H,20,21). The highest BCUT2D eigenvalue weighted by Crippen LogP contribution is 2.28. The van der Waals surface area contributed by atoms with Crippen LogP contribution in [-0.2, 0) is 0 Å². The van der Waals surface area contributed by atoms with Crippen LogP contribution in [0.1, 0.15) is 35.8 Å². The normalized spacial score (nSPS) is 10.7. The zero-order valence-corrected chi connectivity index (χ0v) is 13.0. The fraction of sp³-hybridized carbons (Fsp3) is 0.200. The van der Waals surface area contributed by atoms with Crippen LogP contribution in [0.25, 0.3) is 0 Å². The van der Waals surface area contributed by atoms with Gasteiger partial charge in [-0.25, -0.2) is 9.78 Å². The Kier molecular flexibility index (Phi) is 4.70. The van der Waals surface area contributed by atoms with Crippen molar-refractivity contribution in [3.63, 3.8) is 0 Å². The lowest BCUT2D eigenvalue weighted by Crippen LogP contribution is -2.05. The summed E-state index contributed by atoms with van der Waals surface area (Å²) in [6.07, 6.45) is 0. The molecule has 6 heteroatoms. The molecule has 0 saturated carbocycles. The van der Waals surface area contributed by atoms with E-state index in [0.717, 1.165) is 0 Å². The molecule has 0 bridgehead atoms. The average molecular weight is 325 g/mol. The van der Waals surface area contributed by atoms with E-state index in [2.05, 4.69) is 10.3 Å². The Morgan fingerprint density at radius 1 is 1.24 bits per heavy atom. The third-order valence-electron chi connectivity index (χ3n) is 2.88. The van der Waals surface area contributed by atoms with Crippen molar-refractivity contribution in [2.24, 2.45) is 0 Å². The van der Waals surface area contributed by atoms with Crippen molar-refractivity contribution in [2.45, 2.75) is 19.8 Å². The largest absolute Gasteiger partial charge is 0.478 e. The fourth-order valence-corrected chi connectivity index (χ4v) is 2.22. The topological polar surface area (TPSA) is 62.2 Å². The van der Waals surface area contributed by atoms with Crippen molar-refractivity contribution in [1.82, 2.24) is 4.98 Å². The number of halogens is 2. The minimum absolute atomic E-state index is 0.116. The number of carboxylic acid groups (broad SMARTS) is 1. The van der Waals surface area contributed by atoms with Crippen molar-refractivity contribution in [1.29, 1.82) is 0 Å². The quantitative estimate of drug-likeness (QED) is 0.834. The van der Waals surface area contributed by atoms with Gasteiger partial charge >= 0.3 is 5.97 Å². The molecule has 0 saturated heterocycles. The predicted octanol–water partition coefficient (Wildman–Crippen LogP) is 4.95. The van der Waals surface area contributed by atoms with Gasteiger partial charge in [-0.2, -0.15) is 0 Å². The van der Waals surface area contributed by atoms with Crippen LogP contribution in [0.2, 0.25) is 10.0 Å². The van der Waals surface area contributed by atoms with E-state index in [-0.39, 0.29) is 11.5 Å². The molecule has 2 N–H and O–H groups in total. The molecule has 0 radical (unpaired) electrons. The van der Waals surface area contributed by atoms with E-state index in [9.17, 15) is 9.90 Å². The summed E-state index contributed by atoms with van der Waals surface area (Å²) in [5, 5.41) is 13.2. The monoisotopic (exact) mass is 324 g/mol. The summed E-state index contributed by atoms with van der Waals surface area (Å²) >= 11 is 11.9. The lowest BCUT2D eigenvalue weighted by Gasteiger charge is -2.12. The van der Waals surface area contributed by atoms with Crippen molar-refractivity contribution in [3.8, 4) is 0 Å². The molecule has 110 valence electrons. The molecule has 1 heterocycles. The molecule has 4 nitrogen and oxygen atoms in total. The second-order valence-electron chi connectivity index (χ2n) is 4.87. The zero-order chi connectivity index (χ0) is 15.6. The summed E-state index contributed by atoms with van der Waals surface area (Å²) in [6.45, 7) is 3.90. The Balaban J connectivity index is 2.41. The van der Waals surface area contributed by atoms with Crippen LogP contribution in [0, 0.1) is 0 Å². The summed E-state index contributed by atoms with van der Waals surface area (Å²) in [6, 6.07) is 8.06. The molecular weight excluding hydrogens is 311 g/mol. The first kappa shape index (κ1) is 15.6. The summed E-state index contributed by atoms with van der Waals surface area (Å²) in [7, 11) is 0. The van der Waals surface area contributed by atoms with Crippen molar-refractivity contribution < 1.29 is 9.90 Å². The molecule has 0 aliphatic carbocycles. The first-order valence-electron chi connectivity index (χ1n) is 6.34. The first-order chi connectivity index (χ1) is 9.86. The molecule has 1 aromatic heterocycles. The van der Waals surface area contributed by atoms with Crippen molar-refractivity contribution in [3.05, 3.63) is 51.6 Å². The number of aromatic carboxylic acids is 1. The molecule has 0 spiro atoms. The number of aromatic nitrogens is 1. The SMILES string of the molecule is CC(C)c1cc(C(=O)O)cc(Nc2ccc(Cl)cc2Cl)n1. The Morgan fingerprint density at radius 2 is 1.95 bits per heavy atom. The molecule has 2 rings (SSSR count). The zero-order valence-electron chi connectivity index (χ0n) is 11.5. The smallest absolute Gasteiger partial charge is 0.335 e. The number of carbonyl (C=O) groups is 1. The molecule has 21 heavy (non-hydrogen) atoms. The molecule has 0 aliphatic rings. The molecule has 0 aliphatic heterocycles. The second kappa shape index (κ2) is 6.33. The van der Waals surface area contributed by atoms with E-state index < -0.39 is 5.97 Å². The van der Waals surface area contributed by atoms with Gasteiger partial charge < -0.3 is 10.4 Å². The summed E-state index contributed by atoms with van der Waals surface area (Å²) in [4.78, 5) is 15.6. The number of hydrogen-bond donors (Lipinski definition) is 2. The number of benzene rings is 1. The average Bonchev–Trinajstić information content (AvgIpc) is 2.41. The van der Waals surface area contributed by atoms with Gasteiger partial charge in [0.2, 0.25) is 0 Å². The third-order valence-corrected chi connectivity index (χ3v) is 3.43. The van der Waals surface area contributed by atoms with Crippen LogP contribution in [0.15, 0.2) is 30.3 Å². The Labute approximate surface area is 132 Å². The van der Waals surface area contributed by atoms with Crippen LogP contribution in [-0.4, -0.2) is 16.1 Å². The highest BCUT2D eigenvalue weighted by Gasteiger charge is 2.12. The maximum Gasteiger partial charge on any atom is 0.335 e. The molecule has 1 aromatic carbocycles. The highest BCUT2D eigenvalue weighted by atomic mass is 35.5. The number of hydrogen-bond acceptors (Lipinski definition) is 3. The molecule has 2 aromatic rings. The molecule has 0 amide bonds. The lowest BCUT2D eigenvalue weighted by atomic mass is 10.1. The molecule has 0 atom stereocenters. The minimum Gasteiger partial charge on any atom is -0.478 e. The van der Waals surface area contributed by atoms with Gasteiger partial charge in [0.05, 0.1) is 16.3 Å². The number of nitrogens with one attached hydrogen (secondary N) is 1. The highest BCUT2D eigenvalue weighted by molar-refractivity contribution is 6.36. The maximum atomic E-state index is 11.2. The number of anilines is 2. The van der Waals surface area contributed by atoms with Crippen molar-refractivity contribution in [2.75, 3.05) is 5.32 Å². The fourth-order valence-electron chi connectivity index (χ4n) is 1.76. The van der Waals surface area contributed by atoms with E-state index in [1.807, 2.05) is 13.8 Å². The van der Waals surface area contributed by atoms with Crippen LogP contribution in [0.4, 0.5) is 11.5 Å². The van der Waals surface area contributed by atoms with Gasteiger partial charge in [0.1, 0.15) is 5.82 Å². The van der Waals surface area contributed by atoms with Gasteiger partial charge in [-0.05, 0) is 36.2 Å². The Morgan fingerprint density at radius 3 is 2.52 bits per heavy atom. The molecule has 0 unspecified atom stereocenters. The third kappa shape index (κ3) is 3.86. The van der Waals surface area contributed by atoms with Gasteiger partial charge in [0.15, 0.2) is 0 Å². The number of pyridine rings is 1. The van der Waals surface area contributed by atoms with Crippen LogP contribution in [0.3, 0.4) is 0 Å².